The van der Waals surface area contributed by atoms with Crippen LogP contribution in [0, 0.1) is 13.8 Å². The molecule has 1 fully saturated rings. The van der Waals surface area contributed by atoms with Crippen molar-refractivity contribution in [1.82, 2.24) is 19.5 Å². The summed E-state index contributed by atoms with van der Waals surface area (Å²) < 4.78 is 1.94. The van der Waals surface area contributed by atoms with Gasteiger partial charge in [0.05, 0.1) is 0 Å². The molecule has 0 atom stereocenters. The quantitative estimate of drug-likeness (QED) is 0.691. The molecule has 4 rings (SSSR count). The van der Waals surface area contributed by atoms with Crippen molar-refractivity contribution in [2.24, 2.45) is 0 Å². The predicted molar refractivity (Wildman–Crippen MR) is 99.9 cm³/mol. The van der Waals surface area contributed by atoms with E-state index >= 15 is 0 Å². The van der Waals surface area contributed by atoms with Crippen LogP contribution in [0.15, 0.2) is 24.3 Å². The van der Waals surface area contributed by atoms with Crippen LogP contribution in [0.1, 0.15) is 21.2 Å². The fourth-order valence-corrected chi connectivity index (χ4v) is 4.51. The number of aryl methyl sites for hydroxylation is 2. The second kappa shape index (κ2) is 6.31. The molecule has 1 aromatic carbocycles. The van der Waals surface area contributed by atoms with Crippen LogP contribution in [0.25, 0.3) is 4.96 Å². The Kier molecular flexibility index (Phi) is 4.13. The van der Waals surface area contributed by atoms with Crippen molar-refractivity contribution in [3.8, 4) is 0 Å². The molecule has 0 N–H and O–H groups in total. The number of rotatable bonds is 2. The number of nitrogens with zero attached hydrogens (tertiary/aromatic N) is 5. The third kappa shape index (κ3) is 2.87. The van der Waals surface area contributed by atoms with Crippen LogP contribution in [0.2, 0.25) is 5.02 Å². The smallest absolute Gasteiger partial charge is 0.265 e. The summed E-state index contributed by atoms with van der Waals surface area (Å²) >= 11 is 7.49. The van der Waals surface area contributed by atoms with Crippen molar-refractivity contribution < 1.29 is 4.79 Å². The molecule has 25 heavy (non-hydrogen) atoms. The van der Waals surface area contributed by atoms with Crippen LogP contribution >= 0.6 is 22.9 Å². The van der Waals surface area contributed by atoms with Crippen LogP contribution in [0.5, 0.6) is 0 Å². The highest BCUT2D eigenvalue weighted by molar-refractivity contribution is 7.19. The first kappa shape index (κ1) is 16.4. The number of anilines is 1. The van der Waals surface area contributed by atoms with Gasteiger partial charge in [0.15, 0.2) is 0 Å². The number of amides is 1. The maximum Gasteiger partial charge on any atom is 0.265 e. The minimum Gasteiger partial charge on any atom is -0.368 e. The largest absolute Gasteiger partial charge is 0.368 e. The van der Waals surface area contributed by atoms with E-state index in [9.17, 15) is 4.79 Å². The molecule has 1 amide bonds. The molecule has 1 aliphatic heterocycles. The van der Waals surface area contributed by atoms with Crippen molar-refractivity contribution in [3.05, 3.63) is 45.7 Å². The lowest BCUT2D eigenvalue weighted by atomic mass is 10.2. The summed E-state index contributed by atoms with van der Waals surface area (Å²) in [6.45, 7) is 6.85. The molecular weight excluding hydrogens is 358 g/mol. The Balaban J connectivity index is 1.50. The zero-order valence-electron chi connectivity index (χ0n) is 14.1. The molecule has 2 aromatic heterocycles. The predicted octanol–water partition coefficient (Wildman–Crippen LogP) is 3.02. The molecule has 0 radical (unpaired) electrons. The summed E-state index contributed by atoms with van der Waals surface area (Å²) in [6.07, 6.45) is 0. The third-order valence-electron chi connectivity index (χ3n) is 4.59. The zero-order chi connectivity index (χ0) is 17.6. The van der Waals surface area contributed by atoms with E-state index in [-0.39, 0.29) is 5.91 Å². The average molecular weight is 376 g/mol. The van der Waals surface area contributed by atoms with Gasteiger partial charge >= 0.3 is 0 Å². The highest BCUT2D eigenvalue weighted by atomic mass is 35.5. The Morgan fingerprint density at radius 2 is 1.92 bits per heavy atom. The molecule has 3 aromatic rings. The summed E-state index contributed by atoms with van der Waals surface area (Å²) in [4.78, 5) is 18.6. The number of fused-ring (bicyclic) bond motifs is 1. The lowest BCUT2D eigenvalue weighted by Crippen LogP contribution is -2.48. The summed E-state index contributed by atoms with van der Waals surface area (Å²) in [5.41, 5.74) is 2.02. The van der Waals surface area contributed by atoms with E-state index in [0.29, 0.717) is 13.1 Å². The Labute approximate surface area is 154 Å². The van der Waals surface area contributed by atoms with Gasteiger partial charge in [-0.3, -0.25) is 9.20 Å². The zero-order valence-corrected chi connectivity index (χ0v) is 15.6. The third-order valence-corrected chi connectivity index (χ3v) is 5.94. The first-order valence-electron chi connectivity index (χ1n) is 8.15. The molecule has 6 nitrogen and oxygen atoms in total. The van der Waals surface area contributed by atoms with E-state index in [1.807, 2.05) is 41.3 Å². The van der Waals surface area contributed by atoms with Gasteiger partial charge in [-0.05, 0) is 32.0 Å². The lowest BCUT2D eigenvalue weighted by molar-refractivity contribution is 0.0750. The molecule has 0 aliphatic carbocycles. The van der Waals surface area contributed by atoms with Crippen molar-refractivity contribution in [1.29, 1.82) is 0 Å². The van der Waals surface area contributed by atoms with Gasteiger partial charge in [0.2, 0.25) is 4.96 Å². The minimum absolute atomic E-state index is 0.0816. The van der Waals surface area contributed by atoms with Crippen molar-refractivity contribution in [2.45, 2.75) is 13.8 Å². The van der Waals surface area contributed by atoms with Crippen LogP contribution in [-0.2, 0) is 0 Å². The minimum atomic E-state index is 0.0816. The highest BCUT2D eigenvalue weighted by Crippen LogP contribution is 2.26. The molecule has 0 bridgehead atoms. The van der Waals surface area contributed by atoms with Crippen LogP contribution in [0.4, 0.5) is 5.69 Å². The van der Waals surface area contributed by atoms with E-state index < -0.39 is 0 Å². The normalized spacial score (nSPS) is 15.2. The highest BCUT2D eigenvalue weighted by Gasteiger charge is 2.26. The fraction of sp³-hybridized carbons (Fsp3) is 0.353. The molecule has 0 saturated carbocycles. The van der Waals surface area contributed by atoms with Gasteiger partial charge in [-0.2, -0.15) is 0 Å². The van der Waals surface area contributed by atoms with Gasteiger partial charge in [0.1, 0.15) is 10.7 Å². The van der Waals surface area contributed by atoms with Gasteiger partial charge in [0, 0.05) is 42.6 Å². The first-order valence-corrected chi connectivity index (χ1v) is 9.35. The Morgan fingerprint density at radius 3 is 2.60 bits per heavy atom. The molecule has 1 aliphatic rings. The van der Waals surface area contributed by atoms with E-state index in [1.54, 1.807) is 0 Å². The number of piperazine rings is 1. The maximum absolute atomic E-state index is 12.9. The fourth-order valence-electron chi connectivity index (χ4n) is 3.24. The molecule has 1 saturated heterocycles. The average Bonchev–Trinajstić information content (AvgIpc) is 3.15. The number of benzene rings is 1. The lowest BCUT2D eigenvalue weighted by Gasteiger charge is -2.36. The molecule has 8 heteroatoms. The number of carbonyl (C=O) groups is 1. The molecule has 3 heterocycles. The summed E-state index contributed by atoms with van der Waals surface area (Å²) in [5.74, 6) is 0.895. The first-order chi connectivity index (χ1) is 12.0. The second-order valence-corrected chi connectivity index (χ2v) is 7.55. The van der Waals surface area contributed by atoms with Crippen LogP contribution in [0.3, 0.4) is 0 Å². The number of halogens is 1. The Hall–Kier alpha value is -2.12. The summed E-state index contributed by atoms with van der Waals surface area (Å²) in [6, 6.07) is 7.85. The standard InChI is InChI=1S/C17H18ClN5OS/c1-11-15(25-17-20-19-12(2)23(11)17)16(24)22-8-6-21(7-9-22)14-5-3-4-13(18)10-14/h3-5,10H,6-9H2,1-2H3. The number of hydrogen-bond acceptors (Lipinski definition) is 5. The SMILES string of the molecule is Cc1nnc2sc(C(=O)N3CCN(c4cccc(Cl)c4)CC3)c(C)n12. The molecule has 0 spiro atoms. The molecule has 0 unspecified atom stereocenters. The number of hydrogen-bond donors (Lipinski definition) is 0. The number of aromatic nitrogens is 3. The van der Waals surface area contributed by atoms with Gasteiger partial charge in [0.25, 0.3) is 5.91 Å². The monoisotopic (exact) mass is 375 g/mol. The van der Waals surface area contributed by atoms with E-state index in [4.69, 9.17) is 11.6 Å². The number of carbonyl (C=O) groups excluding carboxylic acids is 1. The second-order valence-electron chi connectivity index (χ2n) is 6.14. The Morgan fingerprint density at radius 1 is 1.16 bits per heavy atom. The summed E-state index contributed by atoms with van der Waals surface area (Å²) in [7, 11) is 0. The van der Waals surface area contributed by atoms with E-state index in [1.165, 1.54) is 11.3 Å². The topological polar surface area (TPSA) is 53.7 Å². The van der Waals surface area contributed by atoms with Crippen molar-refractivity contribution in [2.75, 3.05) is 31.1 Å². The van der Waals surface area contributed by atoms with Crippen molar-refractivity contribution >= 4 is 39.5 Å². The van der Waals surface area contributed by atoms with Gasteiger partial charge < -0.3 is 9.80 Å². The van der Waals surface area contributed by atoms with Crippen LogP contribution in [-0.4, -0.2) is 51.6 Å². The van der Waals surface area contributed by atoms with Gasteiger partial charge in [-0.25, -0.2) is 0 Å². The number of thiazole rings is 1. The molecule has 130 valence electrons. The Bertz CT molecular complexity index is 942. The van der Waals surface area contributed by atoms with E-state index in [0.717, 1.165) is 45.2 Å². The molecular formula is C17H18ClN5OS. The maximum atomic E-state index is 12.9. The van der Waals surface area contributed by atoms with E-state index in [2.05, 4.69) is 21.2 Å². The van der Waals surface area contributed by atoms with Crippen molar-refractivity contribution in [3.63, 3.8) is 0 Å². The van der Waals surface area contributed by atoms with Crippen LogP contribution < -0.4 is 4.90 Å². The summed E-state index contributed by atoms with van der Waals surface area (Å²) in [5, 5.41) is 8.92. The van der Waals surface area contributed by atoms with Gasteiger partial charge in [-0.1, -0.05) is 29.0 Å². The van der Waals surface area contributed by atoms with Gasteiger partial charge in [-0.15, -0.1) is 10.2 Å².